The van der Waals surface area contributed by atoms with E-state index in [1.54, 1.807) is 12.4 Å². The minimum absolute atomic E-state index is 0.134. The lowest BCUT2D eigenvalue weighted by atomic mass is 9.93. The average molecular weight is 273 g/mol. The van der Waals surface area contributed by atoms with Gasteiger partial charge in [-0.1, -0.05) is 13.8 Å². The summed E-state index contributed by atoms with van der Waals surface area (Å²) in [4.78, 5) is 4.00. The first-order valence-electron chi connectivity index (χ1n) is 5.16. The molecule has 0 saturated heterocycles. The second kappa shape index (κ2) is 5.47. The van der Waals surface area contributed by atoms with Gasteiger partial charge < -0.3 is 10.4 Å². The number of hydrogen-bond donors (Lipinski definition) is 2. The van der Waals surface area contributed by atoms with E-state index in [1.165, 1.54) is 0 Å². The zero-order valence-electron chi connectivity index (χ0n) is 9.13. The molecule has 1 heterocycles. The third kappa shape index (κ3) is 2.92. The molecule has 0 aliphatic carbocycles. The third-order valence-electron chi connectivity index (χ3n) is 2.83. The van der Waals surface area contributed by atoms with Crippen molar-refractivity contribution in [2.24, 2.45) is 0 Å². The zero-order valence-corrected chi connectivity index (χ0v) is 10.7. The number of anilines is 1. The first kappa shape index (κ1) is 12.5. The summed E-state index contributed by atoms with van der Waals surface area (Å²) in [6, 6.07) is 1.90. The lowest BCUT2D eigenvalue weighted by molar-refractivity contribution is 0.202. The minimum atomic E-state index is -0.232. The first-order chi connectivity index (χ1) is 7.17. The first-order valence-corrected chi connectivity index (χ1v) is 5.95. The molecular formula is C11H17BrN2O. The molecule has 0 aliphatic heterocycles. The standard InChI is InChI=1S/C11H17BrN2O/c1-3-11(4-2,8-15)14-10-5-6-13-7-9(10)12/h5-7,15H,3-4,8H2,1-2H3,(H,13,14). The molecule has 1 aromatic heterocycles. The van der Waals surface area contributed by atoms with Gasteiger partial charge in [0, 0.05) is 12.4 Å². The number of aliphatic hydroxyl groups excluding tert-OH is 1. The molecule has 15 heavy (non-hydrogen) atoms. The van der Waals surface area contributed by atoms with Gasteiger partial charge in [-0.25, -0.2) is 0 Å². The Kier molecular flexibility index (Phi) is 4.54. The van der Waals surface area contributed by atoms with E-state index >= 15 is 0 Å². The van der Waals surface area contributed by atoms with Crippen molar-refractivity contribution in [2.75, 3.05) is 11.9 Å². The fourth-order valence-corrected chi connectivity index (χ4v) is 1.80. The number of aromatic nitrogens is 1. The summed E-state index contributed by atoms with van der Waals surface area (Å²) in [6.07, 6.45) is 5.25. The molecule has 0 bridgehead atoms. The van der Waals surface area contributed by atoms with E-state index in [9.17, 15) is 5.11 Å². The van der Waals surface area contributed by atoms with Crippen LogP contribution in [0.15, 0.2) is 22.9 Å². The molecule has 0 saturated carbocycles. The zero-order chi connectivity index (χ0) is 11.3. The van der Waals surface area contributed by atoms with E-state index in [2.05, 4.69) is 40.1 Å². The van der Waals surface area contributed by atoms with Crippen LogP contribution < -0.4 is 5.32 Å². The fourth-order valence-electron chi connectivity index (χ4n) is 1.45. The molecule has 84 valence electrons. The molecule has 4 heteroatoms. The van der Waals surface area contributed by atoms with Crippen LogP contribution in [0.2, 0.25) is 0 Å². The molecule has 0 unspecified atom stereocenters. The lowest BCUT2D eigenvalue weighted by Gasteiger charge is -2.32. The van der Waals surface area contributed by atoms with Crippen molar-refractivity contribution in [2.45, 2.75) is 32.2 Å². The highest BCUT2D eigenvalue weighted by Gasteiger charge is 2.25. The molecule has 0 aromatic carbocycles. The SMILES string of the molecule is CCC(CC)(CO)Nc1ccncc1Br. The molecule has 2 N–H and O–H groups in total. The molecule has 0 aliphatic rings. The molecule has 0 amide bonds. The van der Waals surface area contributed by atoms with Crippen LogP contribution in [-0.2, 0) is 0 Å². The summed E-state index contributed by atoms with van der Waals surface area (Å²) in [6.45, 7) is 4.28. The number of hydrogen-bond acceptors (Lipinski definition) is 3. The van der Waals surface area contributed by atoms with E-state index in [0.29, 0.717) is 0 Å². The fraction of sp³-hybridized carbons (Fsp3) is 0.545. The maximum atomic E-state index is 9.44. The van der Waals surface area contributed by atoms with Crippen molar-refractivity contribution >= 4 is 21.6 Å². The van der Waals surface area contributed by atoms with Gasteiger partial charge >= 0.3 is 0 Å². The van der Waals surface area contributed by atoms with E-state index in [-0.39, 0.29) is 12.1 Å². The maximum absolute atomic E-state index is 9.44. The Labute approximate surface area is 99.1 Å². The predicted octanol–water partition coefficient (Wildman–Crippen LogP) is 2.81. The quantitative estimate of drug-likeness (QED) is 0.867. The molecule has 0 spiro atoms. The van der Waals surface area contributed by atoms with Gasteiger partial charge in [-0.15, -0.1) is 0 Å². The van der Waals surface area contributed by atoms with Crippen molar-refractivity contribution in [1.29, 1.82) is 0 Å². The second-order valence-electron chi connectivity index (χ2n) is 3.63. The van der Waals surface area contributed by atoms with E-state index in [0.717, 1.165) is 23.0 Å². The highest BCUT2D eigenvalue weighted by Crippen LogP contribution is 2.27. The van der Waals surface area contributed by atoms with Crippen LogP contribution in [-0.4, -0.2) is 22.2 Å². The van der Waals surface area contributed by atoms with Gasteiger partial charge in [-0.05, 0) is 34.8 Å². The summed E-state index contributed by atoms with van der Waals surface area (Å²) in [7, 11) is 0. The van der Waals surface area contributed by atoms with Crippen LogP contribution in [0.1, 0.15) is 26.7 Å². The topological polar surface area (TPSA) is 45.1 Å². The van der Waals surface area contributed by atoms with Crippen LogP contribution in [0.5, 0.6) is 0 Å². The van der Waals surface area contributed by atoms with Crippen LogP contribution >= 0.6 is 15.9 Å². The summed E-state index contributed by atoms with van der Waals surface area (Å²) in [5.74, 6) is 0. The van der Waals surface area contributed by atoms with Crippen molar-refractivity contribution in [3.05, 3.63) is 22.9 Å². The summed E-state index contributed by atoms with van der Waals surface area (Å²) in [5.41, 5.74) is 0.742. The van der Waals surface area contributed by atoms with E-state index < -0.39 is 0 Å². The Morgan fingerprint density at radius 3 is 2.60 bits per heavy atom. The molecule has 0 radical (unpaired) electrons. The Morgan fingerprint density at radius 2 is 2.13 bits per heavy atom. The molecular weight excluding hydrogens is 256 g/mol. The predicted molar refractivity (Wildman–Crippen MR) is 66.0 cm³/mol. The molecule has 3 nitrogen and oxygen atoms in total. The van der Waals surface area contributed by atoms with E-state index in [4.69, 9.17) is 0 Å². The largest absolute Gasteiger partial charge is 0.394 e. The van der Waals surface area contributed by atoms with Crippen LogP contribution in [0.4, 0.5) is 5.69 Å². The summed E-state index contributed by atoms with van der Waals surface area (Å²) in [5, 5.41) is 12.8. The molecule has 0 atom stereocenters. The van der Waals surface area contributed by atoms with Gasteiger partial charge in [0.15, 0.2) is 0 Å². The van der Waals surface area contributed by atoms with Crippen molar-refractivity contribution < 1.29 is 5.11 Å². The molecule has 1 rings (SSSR count). The Bertz CT molecular complexity index is 305. The highest BCUT2D eigenvalue weighted by atomic mass is 79.9. The Hall–Kier alpha value is -0.610. The Balaban J connectivity index is 2.88. The van der Waals surface area contributed by atoms with Crippen LogP contribution in [0, 0.1) is 0 Å². The Morgan fingerprint density at radius 1 is 1.47 bits per heavy atom. The van der Waals surface area contributed by atoms with Crippen molar-refractivity contribution in [3.8, 4) is 0 Å². The van der Waals surface area contributed by atoms with Gasteiger partial charge in [0.05, 0.1) is 22.3 Å². The number of nitrogens with one attached hydrogen (secondary N) is 1. The average Bonchev–Trinajstić information content (AvgIpc) is 2.29. The number of halogens is 1. The van der Waals surface area contributed by atoms with Gasteiger partial charge in [0.2, 0.25) is 0 Å². The van der Waals surface area contributed by atoms with E-state index in [1.807, 2.05) is 6.07 Å². The number of rotatable bonds is 5. The molecule has 0 fully saturated rings. The number of pyridine rings is 1. The third-order valence-corrected chi connectivity index (χ3v) is 3.46. The highest BCUT2D eigenvalue weighted by molar-refractivity contribution is 9.10. The normalized spacial score (nSPS) is 11.5. The van der Waals surface area contributed by atoms with Crippen LogP contribution in [0.3, 0.4) is 0 Å². The molecule has 1 aromatic rings. The smallest absolute Gasteiger partial charge is 0.0661 e. The number of nitrogens with zero attached hydrogens (tertiary/aromatic N) is 1. The van der Waals surface area contributed by atoms with Gasteiger partial charge in [0.1, 0.15) is 0 Å². The number of aliphatic hydroxyl groups is 1. The van der Waals surface area contributed by atoms with Crippen molar-refractivity contribution in [1.82, 2.24) is 4.98 Å². The summed E-state index contributed by atoms with van der Waals surface area (Å²) < 4.78 is 0.921. The van der Waals surface area contributed by atoms with Crippen LogP contribution in [0.25, 0.3) is 0 Å². The monoisotopic (exact) mass is 272 g/mol. The van der Waals surface area contributed by atoms with Crippen molar-refractivity contribution in [3.63, 3.8) is 0 Å². The van der Waals surface area contributed by atoms with Gasteiger partial charge in [0.25, 0.3) is 0 Å². The lowest BCUT2D eigenvalue weighted by Crippen LogP contribution is -2.40. The second-order valence-corrected chi connectivity index (χ2v) is 4.48. The van der Waals surface area contributed by atoms with Gasteiger partial charge in [-0.3, -0.25) is 4.98 Å². The minimum Gasteiger partial charge on any atom is -0.394 e. The summed E-state index contributed by atoms with van der Waals surface area (Å²) >= 11 is 3.43. The van der Waals surface area contributed by atoms with Gasteiger partial charge in [-0.2, -0.15) is 0 Å². The maximum Gasteiger partial charge on any atom is 0.0661 e.